The van der Waals surface area contributed by atoms with Crippen molar-refractivity contribution in [2.45, 2.75) is 38.5 Å². The second kappa shape index (κ2) is 6.79. The van der Waals surface area contributed by atoms with Crippen LogP contribution in [0.3, 0.4) is 0 Å². The molecule has 1 aliphatic carbocycles. The zero-order valence-corrected chi connectivity index (χ0v) is 14.7. The van der Waals surface area contributed by atoms with Crippen molar-refractivity contribution < 1.29 is 13.2 Å². The molecule has 0 nitrogen and oxygen atoms in total. The van der Waals surface area contributed by atoms with E-state index in [0.29, 0.717) is 11.3 Å². The SMILES string of the molecule is CC1CCC(c2ccc(-c3ccc4c(F)c(F)c(F)cc4c3)cc2)CC1. The lowest BCUT2D eigenvalue weighted by atomic mass is 9.79. The molecule has 0 unspecified atom stereocenters. The van der Waals surface area contributed by atoms with Gasteiger partial charge in [0.2, 0.25) is 0 Å². The molecule has 0 spiro atoms. The van der Waals surface area contributed by atoms with Crippen LogP contribution in [0.5, 0.6) is 0 Å². The monoisotopic (exact) mass is 354 g/mol. The molecule has 1 saturated carbocycles. The molecule has 1 aliphatic rings. The number of fused-ring (bicyclic) bond motifs is 1. The molecule has 0 radical (unpaired) electrons. The van der Waals surface area contributed by atoms with Crippen LogP contribution in [0.25, 0.3) is 21.9 Å². The molecule has 0 amide bonds. The van der Waals surface area contributed by atoms with Gasteiger partial charge in [0.05, 0.1) is 0 Å². The van der Waals surface area contributed by atoms with Gasteiger partial charge in [0.1, 0.15) is 0 Å². The van der Waals surface area contributed by atoms with Crippen LogP contribution < -0.4 is 0 Å². The second-order valence-electron chi connectivity index (χ2n) is 7.50. The van der Waals surface area contributed by atoms with E-state index in [9.17, 15) is 13.2 Å². The molecule has 3 aromatic rings. The van der Waals surface area contributed by atoms with Gasteiger partial charge in [-0.05, 0) is 58.9 Å². The van der Waals surface area contributed by atoms with Gasteiger partial charge in [-0.25, -0.2) is 13.2 Å². The number of halogens is 3. The largest absolute Gasteiger partial charge is 0.204 e. The lowest BCUT2D eigenvalue weighted by molar-refractivity contribution is 0.348. The highest BCUT2D eigenvalue weighted by atomic mass is 19.2. The third kappa shape index (κ3) is 3.11. The number of hydrogen-bond acceptors (Lipinski definition) is 0. The van der Waals surface area contributed by atoms with E-state index in [2.05, 4.69) is 31.2 Å². The van der Waals surface area contributed by atoms with Gasteiger partial charge in [-0.15, -0.1) is 0 Å². The number of hydrogen-bond donors (Lipinski definition) is 0. The summed E-state index contributed by atoms with van der Waals surface area (Å²) in [5, 5.41) is 0.463. The highest BCUT2D eigenvalue weighted by Crippen LogP contribution is 2.36. The summed E-state index contributed by atoms with van der Waals surface area (Å²) >= 11 is 0. The van der Waals surface area contributed by atoms with Crippen molar-refractivity contribution >= 4 is 10.8 Å². The highest BCUT2D eigenvalue weighted by Gasteiger charge is 2.19. The summed E-state index contributed by atoms with van der Waals surface area (Å²) in [5.41, 5.74) is 3.22. The Labute approximate surface area is 151 Å². The Morgan fingerprint density at radius 2 is 1.38 bits per heavy atom. The van der Waals surface area contributed by atoms with Gasteiger partial charge in [0.25, 0.3) is 0 Å². The lowest BCUT2D eigenvalue weighted by Gasteiger charge is -2.26. The molecule has 3 aromatic carbocycles. The minimum atomic E-state index is -1.42. The second-order valence-corrected chi connectivity index (χ2v) is 7.50. The Morgan fingerprint density at radius 3 is 2.08 bits per heavy atom. The quantitative estimate of drug-likeness (QED) is 0.426. The summed E-state index contributed by atoms with van der Waals surface area (Å²) in [5.74, 6) is -2.25. The summed E-state index contributed by atoms with van der Waals surface area (Å²) < 4.78 is 40.8. The molecular formula is C23H21F3. The van der Waals surface area contributed by atoms with Crippen molar-refractivity contribution in [3.8, 4) is 11.1 Å². The van der Waals surface area contributed by atoms with Crippen LogP contribution in [-0.4, -0.2) is 0 Å². The Morgan fingerprint density at radius 1 is 0.731 bits per heavy atom. The van der Waals surface area contributed by atoms with Gasteiger partial charge in [0.15, 0.2) is 17.5 Å². The Hall–Kier alpha value is -2.29. The van der Waals surface area contributed by atoms with Gasteiger partial charge >= 0.3 is 0 Å². The lowest BCUT2D eigenvalue weighted by Crippen LogP contribution is -2.10. The first-order chi connectivity index (χ1) is 12.5. The van der Waals surface area contributed by atoms with Crippen LogP contribution in [0.4, 0.5) is 13.2 Å². The topological polar surface area (TPSA) is 0 Å². The average molecular weight is 354 g/mol. The first kappa shape index (κ1) is 17.1. The fourth-order valence-corrected chi connectivity index (χ4v) is 4.03. The molecule has 26 heavy (non-hydrogen) atoms. The van der Waals surface area contributed by atoms with Crippen LogP contribution >= 0.6 is 0 Å². The minimum absolute atomic E-state index is 0.0978. The molecule has 1 fully saturated rings. The van der Waals surface area contributed by atoms with Crippen molar-refractivity contribution in [2.24, 2.45) is 5.92 Å². The Balaban J connectivity index is 1.64. The maximum atomic E-state index is 13.9. The molecule has 0 heterocycles. The van der Waals surface area contributed by atoms with E-state index in [0.717, 1.165) is 23.1 Å². The van der Waals surface area contributed by atoms with Crippen molar-refractivity contribution in [3.05, 3.63) is 71.5 Å². The summed E-state index contributed by atoms with van der Waals surface area (Å²) in [6, 6.07) is 14.5. The maximum Gasteiger partial charge on any atom is 0.195 e. The summed E-state index contributed by atoms with van der Waals surface area (Å²) in [6.07, 6.45) is 5.04. The van der Waals surface area contributed by atoms with E-state index < -0.39 is 17.5 Å². The number of benzene rings is 3. The molecule has 4 rings (SSSR count). The molecule has 3 heteroatoms. The Bertz CT molecular complexity index is 936. The smallest absolute Gasteiger partial charge is 0.195 e. The van der Waals surface area contributed by atoms with Crippen LogP contribution in [0.1, 0.15) is 44.1 Å². The third-order valence-electron chi connectivity index (χ3n) is 5.70. The van der Waals surface area contributed by atoms with Gasteiger partial charge in [-0.1, -0.05) is 56.2 Å². The van der Waals surface area contributed by atoms with Crippen molar-refractivity contribution in [1.82, 2.24) is 0 Å². The van der Waals surface area contributed by atoms with Crippen LogP contribution in [0, 0.1) is 23.4 Å². The summed E-state index contributed by atoms with van der Waals surface area (Å²) in [7, 11) is 0. The van der Waals surface area contributed by atoms with Crippen molar-refractivity contribution in [1.29, 1.82) is 0 Å². The van der Waals surface area contributed by atoms with E-state index >= 15 is 0 Å². The fourth-order valence-electron chi connectivity index (χ4n) is 4.03. The molecule has 0 N–H and O–H groups in total. The fraction of sp³-hybridized carbons (Fsp3) is 0.304. The van der Waals surface area contributed by atoms with E-state index in [1.165, 1.54) is 37.3 Å². The van der Waals surface area contributed by atoms with Gasteiger partial charge < -0.3 is 0 Å². The first-order valence-electron chi connectivity index (χ1n) is 9.20. The first-order valence-corrected chi connectivity index (χ1v) is 9.20. The number of rotatable bonds is 2. The molecule has 0 aliphatic heterocycles. The van der Waals surface area contributed by atoms with E-state index in [1.54, 1.807) is 12.1 Å². The standard InChI is InChI=1S/C23H21F3/c1-14-2-4-15(5-3-14)16-6-8-17(9-7-16)18-10-11-20-19(12-18)13-21(24)23(26)22(20)25/h6-15H,2-5H2,1H3. The highest BCUT2D eigenvalue weighted by molar-refractivity contribution is 5.88. The average Bonchev–Trinajstić information content (AvgIpc) is 2.67. The van der Waals surface area contributed by atoms with Gasteiger partial charge in [-0.3, -0.25) is 0 Å². The van der Waals surface area contributed by atoms with Gasteiger partial charge in [-0.2, -0.15) is 0 Å². The van der Waals surface area contributed by atoms with Gasteiger partial charge in [0, 0.05) is 5.39 Å². The molecule has 0 aromatic heterocycles. The maximum absolute atomic E-state index is 13.9. The molecule has 0 bridgehead atoms. The zero-order valence-electron chi connectivity index (χ0n) is 14.7. The zero-order chi connectivity index (χ0) is 18.3. The molecule has 0 saturated heterocycles. The van der Waals surface area contributed by atoms with Crippen molar-refractivity contribution in [3.63, 3.8) is 0 Å². The van der Waals surface area contributed by atoms with Crippen LogP contribution in [0.15, 0.2) is 48.5 Å². The van der Waals surface area contributed by atoms with E-state index in [-0.39, 0.29) is 5.39 Å². The predicted octanol–water partition coefficient (Wildman–Crippen LogP) is 7.22. The minimum Gasteiger partial charge on any atom is -0.204 e. The predicted molar refractivity (Wildman–Crippen MR) is 99.6 cm³/mol. The Kier molecular flexibility index (Phi) is 4.47. The molecule has 0 atom stereocenters. The van der Waals surface area contributed by atoms with E-state index in [1.807, 2.05) is 0 Å². The molecular weight excluding hydrogens is 333 g/mol. The van der Waals surface area contributed by atoms with Crippen molar-refractivity contribution in [2.75, 3.05) is 0 Å². The van der Waals surface area contributed by atoms with Crippen LogP contribution in [0.2, 0.25) is 0 Å². The summed E-state index contributed by atoms with van der Waals surface area (Å²) in [4.78, 5) is 0. The third-order valence-corrected chi connectivity index (χ3v) is 5.70. The normalized spacial score (nSPS) is 20.5. The van der Waals surface area contributed by atoms with E-state index in [4.69, 9.17) is 0 Å². The summed E-state index contributed by atoms with van der Waals surface area (Å²) in [6.45, 7) is 2.32. The van der Waals surface area contributed by atoms with Crippen LogP contribution in [-0.2, 0) is 0 Å². The molecule has 134 valence electrons.